The van der Waals surface area contributed by atoms with Crippen LogP contribution in [0.1, 0.15) is 5.56 Å². The predicted molar refractivity (Wildman–Crippen MR) is 86.9 cm³/mol. The number of aromatic nitrogens is 2. The van der Waals surface area contributed by atoms with E-state index in [1.54, 1.807) is 25.3 Å². The summed E-state index contributed by atoms with van der Waals surface area (Å²) in [4.78, 5) is 7.52. The molecule has 0 saturated heterocycles. The van der Waals surface area contributed by atoms with E-state index >= 15 is 0 Å². The Balaban J connectivity index is 1.80. The van der Waals surface area contributed by atoms with Gasteiger partial charge in [-0.05, 0) is 36.4 Å². The third-order valence-corrected chi connectivity index (χ3v) is 3.69. The first kappa shape index (κ1) is 13.2. The molecule has 112 valence electrons. The normalized spacial score (nSPS) is 10.8. The van der Waals surface area contributed by atoms with E-state index in [4.69, 9.17) is 14.4 Å². The third kappa shape index (κ3) is 2.15. The van der Waals surface area contributed by atoms with Crippen LogP contribution in [0.15, 0.2) is 47.2 Å². The first-order valence-electron chi connectivity index (χ1n) is 6.98. The molecule has 4 aromatic rings. The van der Waals surface area contributed by atoms with Crippen LogP contribution in [-0.4, -0.2) is 17.1 Å². The number of hydrogen-bond donors (Lipinski definition) is 2. The maximum absolute atomic E-state index is 9.06. The number of methoxy groups -OCH3 is 1. The number of nitrogens with zero attached hydrogens (tertiary/aromatic N) is 2. The Labute approximate surface area is 131 Å². The number of nitrogens with one attached hydrogen (secondary N) is 2. The Hall–Kier alpha value is -3.46. The topological polar surface area (TPSA) is 86.9 Å². The highest BCUT2D eigenvalue weighted by atomic mass is 16.5. The molecule has 0 spiro atoms. The van der Waals surface area contributed by atoms with Crippen molar-refractivity contribution in [1.29, 1.82) is 5.26 Å². The van der Waals surface area contributed by atoms with Crippen molar-refractivity contribution >= 4 is 33.5 Å². The number of rotatable bonds is 3. The second kappa shape index (κ2) is 5.07. The van der Waals surface area contributed by atoms with Crippen molar-refractivity contribution in [2.45, 2.75) is 0 Å². The van der Waals surface area contributed by atoms with Crippen LogP contribution in [0.3, 0.4) is 0 Å². The molecular formula is C17H12N4O2. The van der Waals surface area contributed by atoms with Gasteiger partial charge in [-0.1, -0.05) is 0 Å². The van der Waals surface area contributed by atoms with Crippen LogP contribution in [0.2, 0.25) is 0 Å². The van der Waals surface area contributed by atoms with Gasteiger partial charge < -0.3 is 19.5 Å². The molecule has 0 bridgehead atoms. The zero-order valence-electron chi connectivity index (χ0n) is 12.3. The molecule has 0 unspecified atom stereocenters. The highest BCUT2D eigenvalue weighted by molar-refractivity contribution is 6.02. The molecule has 0 saturated carbocycles. The number of aromatic amines is 1. The van der Waals surface area contributed by atoms with Crippen LogP contribution in [0, 0.1) is 11.3 Å². The molecular weight excluding hydrogens is 292 g/mol. The molecule has 0 radical (unpaired) electrons. The molecule has 0 atom stereocenters. The Bertz CT molecular complexity index is 1060. The van der Waals surface area contributed by atoms with Gasteiger partial charge in [0.15, 0.2) is 12.0 Å². The quantitative estimate of drug-likeness (QED) is 0.598. The summed E-state index contributed by atoms with van der Waals surface area (Å²) < 4.78 is 10.6. The summed E-state index contributed by atoms with van der Waals surface area (Å²) in [5, 5.41) is 13.3. The number of hydrogen-bond acceptors (Lipinski definition) is 5. The minimum Gasteiger partial charge on any atom is -0.495 e. The third-order valence-electron chi connectivity index (χ3n) is 3.69. The second-order valence-electron chi connectivity index (χ2n) is 5.06. The summed E-state index contributed by atoms with van der Waals surface area (Å²) in [6.45, 7) is 0. The lowest BCUT2D eigenvalue weighted by Crippen LogP contribution is -1.95. The molecule has 6 heteroatoms. The Morgan fingerprint density at radius 2 is 2.17 bits per heavy atom. The Kier molecular flexibility index (Phi) is 2.91. The van der Waals surface area contributed by atoms with Crippen molar-refractivity contribution in [3.05, 3.63) is 48.4 Å². The summed E-state index contributed by atoms with van der Waals surface area (Å²) in [7, 11) is 1.59. The van der Waals surface area contributed by atoms with Gasteiger partial charge in [-0.25, -0.2) is 4.98 Å². The highest BCUT2D eigenvalue weighted by Crippen LogP contribution is 2.31. The fourth-order valence-electron chi connectivity index (χ4n) is 2.61. The molecule has 2 heterocycles. The van der Waals surface area contributed by atoms with Crippen LogP contribution in [-0.2, 0) is 0 Å². The molecule has 23 heavy (non-hydrogen) atoms. The monoisotopic (exact) mass is 304 g/mol. The largest absolute Gasteiger partial charge is 0.495 e. The van der Waals surface area contributed by atoms with Gasteiger partial charge >= 0.3 is 0 Å². The first-order chi connectivity index (χ1) is 11.3. The number of fused-ring (bicyclic) bond motifs is 3. The van der Waals surface area contributed by atoms with Gasteiger partial charge in [0.25, 0.3) is 0 Å². The van der Waals surface area contributed by atoms with Gasteiger partial charge in [0, 0.05) is 5.39 Å². The minimum absolute atomic E-state index is 0.559. The van der Waals surface area contributed by atoms with E-state index in [1.807, 2.05) is 18.2 Å². The minimum atomic E-state index is 0.559. The van der Waals surface area contributed by atoms with Gasteiger partial charge in [-0.3, -0.25) is 0 Å². The van der Waals surface area contributed by atoms with Crippen LogP contribution >= 0.6 is 0 Å². The number of benzene rings is 2. The molecule has 2 N–H and O–H groups in total. The lowest BCUT2D eigenvalue weighted by atomic mass is 10.2. The van der Waals surface area contributed by atoms with Crippen molar-refractivity contribution in [3.63, 3.8) is 0 Å². The smallest absolute Gasteiger partial charge is 0.182 e. The molecule has 0 amide bonds. The van der Waals surface area contributed by atoms with Gasteiger partial charge in [0.2, 0.25) is 0 Å². The molecule has 2 aromatic carbocycles. The van der Waals surface area contributed by atoms with E-state index < -0.39 is 0 Å². The lowest BCUT2D eigenvalue weighted by molar-refractivity contribution is 0.417. The second-order valence-corrected chi connectivity index (χ2v) is 5.06. The van der Waals surface area contributed by atoms with Crippen LogP contribution < -0.4 is 10.1 Å². The van der Waals surface area contributed by atoms with Crippen molar-refractivity contribution in [1.82, 2.24) is 9.97 Å². The van der Waals surface area contributed by atoms with Gasteiger partial charge in [-0.15, -0.1) is 0 Å². The van der Waals surface area contributed by atoms with Crippen molar-refractivity contribution < 1.29 is 9.15 Å². The lowest BCUT2D eigenvalue weighted by Gasteiger charge is -2.09. The van der Waals surface area contributed by atoms with E-state index in [1.165, 1.54) is 6.39 Å². The van der Waals surface area contributed by atoms with Crippen LogP contribution in [0.4, 0.5) is 11.5 Å². The summed E-state index contributed by atoms with van der Waals surface area (Å²) in [5.74, 6) is 1.44. The zero-order valence-corrected chi connectivity index (χ0v) is 12.3. The first-order valence-corrected chi connectivity index (χ1v) is 6.98. The van der Waals surface area contributed by atoms with Gasteiger partial charge in [0.05, 0.1) is 29.9 Å². The van der Waals surface area contributed by atoms with Gasteiger partial charge in [0.1, 0.15) is 17.1 Å². The average Bonchev–Trinajstić information content (AvgIpc) is 3.19. The Morgan fingerprint density at radius 1 is 1.26 bits per heavy atom. The number of anilines is 2. The SMILES string of the molecule is COc1ccc(C#N)cc1Nc1cc2ccc3ocnc3c2[nH]1. The zero-order chi connectivity index (χ0) is 15.8. The molecule has 0 aliphatic rings. The van der Waals surface area contributed by atoms with E-state index in [0.29, 0.717) is 11.3 Å². The van der Waals surface area contributed by atoms with E-state index in [0.717, 1.165) is 33.5 Å². The van der Waals surface area contributed by atoms with Crippen LogP contribution in [0.5, 0.6) is 5.75 Å². The summed E-state index contributed by atoms with van der Waals surface area (Å²) in [6.07, 6.45) is 1.43. The van der Waals surface area contributed by atoms with E-state index in [2.05, 4.69) is 21.4 Å². The predicted octanol–water partition coefficient (Wildman–Crippen LogP) is 3.93. The molecule has 4 rings (SSSR count). The maximum atomic E-state index is 9.06. The molecule has 0 aliphatic carbocycles. The summed E-state index contributed by atoms with van der Waals surface area (Å²) >= 11 is 0. The van der Waals surface area contributed by atoms with Crippen molar-refractivity contribution in [3.8, 4) is 11.8 Å². The van der Waals surface area contributed by atoms with E-state index in [9.17, 15) is 0 Å². The molecule has 0 fully saturated rings. The number of nitriles is 1. The van der Waals surface area contributed by atoms with E-state index in [-0.39, 0.29) is 0 Å². The summed E-state index contributed by atoms with van der Waals surface area (Å²) in [5.41, 5.74) is 3.69. The maximum Gasteiger partial charge on any atom is 0.182 e. The molecule has 0 aliphatic heterocycles. The summed E-state index contributed by atoms with van der Waals surface area (Å²) in [6, 6.07) is 13.2. The standard InChI is InChI=1S/C17H12N4O2/c1-22-13-4-2-10(8-18)6-12(13)20-15-7-11-3-5-14-17(16(11)21-15)19-9-23-14/h2-7,9,20-21H,1H3. The van der Waals surface area contributed by atoms with Gasteiger partial charge in [-0.2, -0.15) is 5.26 Å². The fourth-order valence-corrected chi connectivity index (χ4v) is 2.61. The number of ether oxygens (including phenoxy) is 1. The van der Waals surface area contributed by atoms with Crippen LogP contribution in [0.25, 0.3) is 22.0 Å². The molecule has 2 aromatic heterocycles. The van der Waals surface area contributed by atoms with Crippen molar-refractivity contribution in [2.75, 3.05) is 12.4 Å². The molecule has 6 nitrogen and oxygen atoms in total. The number of H-pyrrole nitrogens is 1. The fraction of sp³-hybridized carbons (Fsp3) is 0.0588. The number of oxazole rings is 1. The highest BCUT2D eigenvalue weighted by Gasteiger charge is 2.10. The average molecular weight is 304 g/mol. The van der Waals surface area contributed by atoms with Crippen molar-refractivity contribution in [2.24, 2.45) is 0 Å². The Morgan fingerprint density at radius 3 is 3.00 bits per heavy atom.